The summed E-state index contributed by atoms with van der Waals surface area (Å²) in [6.45, 7) is 6.46. The molecular weight excluding hydrogens is 259 g/mol. The van der Waals surface area contributed by atoms with Crippen molar-refractivity contribution in [1.82, 2.24) is 4.90 Å². The van der Waals surface area contributed by atoms with Crippen molar-refractivity contribution in [2.24, 2.45) is 5.92 Å². The van der Waals surface area contributed by atoms with Crippen LogP contribution in [0.3, 0.4) is 0 Å². The molecule has 19 heavy (non-hydrogen) atoms. The lowest BCUT2D eigenvalue weighted by Crippen LogP contribution is -2.35. The summed E-state index contributed by atoms with van der Waals surface area (Å²) in [6.07, 6.45) is -3.78. The number of ether oxygens (including phenoxy) is 1. The Kier molecular flexibility index (Phi) is 5.10. The molecule has 0 aromatic carbocycles. The van der Waals surface area contributed by atoms with Gasteiger partial charge in [-0.25, -0.2) is 4.79 Å². The van der Waals surface area contributed by atoms with E-state index in [4.69, 9.17) is 4.74 Å². The Balaban J connectivity index is 2.28. The Morgan fingerprint density at radius 1 is 1.32 bits per heavy atom. The molecule has 112 valence electrons. The molecule has 0 N–H and O–H groups in total. The molecule has 1 saturated heterocycles. The Morgan fingerprint density at radius 2 is 1.95 bits per heavy atom. The topological polar surface area (TPSA) is 29.5 Å². The summed E-state index contributed by atoms with van der Waals surface area (Å²) in [5, 5.41) is 0. The zero-order valence-electron chi connectivity index (χ0n) is 11.7. The van der Waals surface area contributed by atoms with Gasteiger partial charge in [0.25, 0.3) is 0 Å². The van der Waals surface area contributed by atoms with Gasteiger partial charge >= 0.3 is 12.3 Å². The summed E-state index contributed by atoms with van der Waals surface area (Å²) in [5.74, 6) is 0.162. The molecule has 1 heterocycles. The minimum absolute atomic E-state index is 0.135. The van der Waals surface area contributed by atoms with E-state index in [9.17, 15) is 18.0 Å². The van der Waals surface area contributed by atoms with Crippen LogP contribution in [0.1, 0.15) is 46.5 Å². The van der Waals surface area contributed by atoms with Crippen molar-refractivity contribution in [1.29, 1.82) is 0 Å². The van der Waals surface area contributed by atoms with Crippen LogP contribution in [-0.2, 0) is 4.74 Å². The van der Waals surface area contributed by atoms with Crippen molar-refractivity contribution < 1.29 is 22.7 Å². The molecule has 0 radical (unpaired) electrons. The lowest BCUT2D eigenvalue weighted by Gasteiger charge is -2.24. The summed E-state index contributed by atoms with van der Waals surface area (Å²) < 4.78 is 41.3. The van der Waals surface area contributed by atoms with Gasteiger partial charge in [0.1, 0.15) is 5.60 Å². The van der Waals surface area contributed by atoms with Crippen LogP contribution in [0, 0.1) is 5.92 Å². The highest BCUT2D eigenvalue weighted by Crippen LogP contribution is 2.27. The third kappa shape index (κ3) is 6.68. The third-order valence-corrected chi connectivity index (χ3v) is 3.01. The fourth-order valence-electron chi connectivity index (χ4n) is 2.15. The first kappa shape index (κ1) is 16.1. The maximum absolute atomic E-state index is 12.0. The monoisotopic (exact) mass is 281 g/mol. The van der Waals surface area contributed by atoms with Crippen molar-refractivity contribution in [3.63, 3.8) is 0 Å². The zero-order chi connectivity index (χ0) is 14.7. The van der Waals surface area contributed by atoms with Crippen molar-refractivity contribution in [3.05, 3.63) is 0 Å². The zero-order valence-corrected chi connectivity index (χ0v) is 11.7. The van der Waals surface area contributed by atoms with E-state index >= 15 is 0 Å². The van der Waals surface area contributed by atoms with Crippen molar-refractivity contribution in [3.8, 4) is 0 Å². The van der Waals surface area contributed by atoms with Gasteiger partial charge in [0.05, 0.1) is 0 Å². The highest BCUT2D eigenvalue weighted by Gasteiger charge is 2.31. The summed E-state index contributed by atoms with van der Waals surface area (Å²) in [5.41, 5.74) is -0.536. The van der Waals surface area contributed by atoms with E-state index in [1.54, 1.807) is 25.7 Å². The lowest BCUT2D eigenvalue weighted by molar-refractivity contribution is -0.136. The molecule has 1 aliphatic rings. The van der Waals surface area contributed by atoms with E-state index in [1.807, 2.05) is 0 Å². The van der Waals surface area contributed by atoms with Gasteiger partial charge in [-0.2, -0.15) is 13.2 Å². The van der Waals surface area contributed by atoms with E-state index in [2.05, 4.69) is 0 Å². The van der Waals surface area contributed by atoms with Gasteiger partial charge in [0.15, 0.2) is 0 Å². The van der Waals surface area contributed by atoms with Gasteiger partial charge in [-0.15, -0.1) is 0 Å². The van der Waals surface area contributed by atoms with Gasteiger partial charge < -0.3 is 9.64 Å². The first-order valence-corrected chi connectivity index (χ1v) is 6.61. The lowest BCUT2D eigenvalue weighted by atomic mass is 10.0. The maximum Gasteiger partial charge on any atom is 0.410 e. The fraction of sp³-hybridized carbons (Fsp3) is 0.923. The third-order valence-electron chi connectivity index (χ3n) is 3.01. The Labute approximate surface area is 112 Å². The van der Waals surface area contributed by atoms with Gasteiger partial charge in [-0.3, -0.25) is 0 Å². The molecule has 3 nitrogen and oxygen atoms in total. The number of halogens is 3. The highest BCUT2D eigenvalue weighted by atomic mass is 19.4. The summed E-state index contributed by atoms with van der Waals surface area (Å²) >= 11 is 0. The van der Waals surface area contributed by atoms with Crippen molar-refractivity contribution in [2.75, 3.05) is 13.1 Å². The van der Waals surface area contributed by atoms with Crippen LogP contribution in [0.25, 0.3) is 0 Å². The smallest absolute Gasteiger partial charge is 0.410 e. The largest absolute Gasteiger partial charge is 0.444 e. The number of hydrogen-bond donors (Lipinski definition) is 0. The first-order valence-electron chi connectivity index (χ1n) is 6.61. The molecule has 0 aliphatic carbocycles. The molecule has 0 aromatic rings. The number of hydrogen-bond acceptors (Lipinski definition) is 2. The number of rotatable bonds is 3. The van der Waals surface area contributed by atoms with Crippen LogP contribution >= 0.6 is 0 Å². The standard InChI is InChI=1S/C13H22F3NO2/c1-12(2,3)19-11(18)17-8-6-10(9-17)5-4-7-13(14,15)16/h10H,4-9H2,1-3H3. The van der Waals surface area contributed by atoms with E-state index in [1.165, 1.54) is 0 Å². The number of alkyl halides is 3. The van der Waals surface area contributed by atoms with Crippen molar-refractivity contribution >= 4 is 6.09 Å². The predicted octanol–water partition coefficient (Wildman–Crippen LogP) is 3.98. The Hall–Kier alpha value is -0.940. The molecule has 6 heteroatoms. The average Bonchev–Trinajstić information content (AvgIpc) is 2.61. The molecule has 1 amide bonds. The number of amides is 1. The van der Waals surface area contributed by atoms with Crippen LogP contribution in [0.5, 0.6) is 0 Å². The molecule has 0 aromatic heterocycles. The number of carbonyl (C=O) groups excluding carboxylic acids is 1. The molecule has 1 fully saturated rings. The minimum Gasteiger partial charge on any atom is -0.444 e. The first-order chi connectivity index (χ1) is 8.57. The molecule has 0 saturated carbocycles. The second kappa shape index (κ2) is 6.01. The Morgan fingerprint density at radius 3 is 2.47 bits per heavy atom. The second-order valence-corrected chi connectivity index (χ2v) is 6.09. The number of likely N-dealkylation sites (tertiary alicyclic amines) is 1. The quantitative estimate of drug-likeness (QED) is 0.783. The van der Waals surface area contributed by atoms with Crippen LogP contribution in [0.2, 0.25) is 0 Å². The summed E-state index contributed by atoms with van der Waals surface area (Å²) in [7, 11) is 0. The molecular formula is C13H22F3NO2. The predicted molar refractivity (Wildman–Crippen MR) is 65.8 cm³/mol. The van der Waals surface area contributed by atoms with Crippen LogP contribution in [0.4, 0.5) is 18.0 Å². The van der Waals surface area contributed by atoms with E-state index in [0.29, 0.717) is 19.5 Å². The molecule has 1 unspecified atom stereocenters. The van der Waals surface area contributed by atoms with Crippen molar-refractivity contribution in [2.45, 2.75) is 58.2 Å². The molecule has 1 aliphatic heterocycles. The van der Waals surface area contributed by atoms with Crippen LogP contribution in [0.15, 0.2) is 0 Å². The van der Waals surface area contributed by atoms with E-state index in [0.717, 1.165) is 6.42 Å². The summed E-state index contributed by atoms with van der Waals surface area (Å²) in [4.78, 5) is 13.4. The van der Waals surface area contributed by atoms with E-state index < -0.39 is 18.2 Å². The van der Waals surface area contributed by atoms with Gasteiger partial charge in [0.2, 0.25) is 0 Å². The molecule has 0 bridgehead atoms. The average molecular weight is 281 g/mol. The van der Waals surface area contributed by atoms with E-state index in [-0.39, 0.29) is 18.4 Å². The summed E-state index contributed by atoms with van der Waals surface area (Å²) in [6, 6.07) is 0. The van der Waals surface area contributed by atoms with Gasteiger partial charge in [-0.05, 0) is 46.0 Å². The molecule has 1 atom stereocenters. The highest BCUT2D eigenvalue weighted by molar-refractivity contribution is 5.68. The molecule has 0 spiro atoms. The van der Waals surface area contributed by atoms with Gasteiger partial charge in [-0.1, -0.05) is 0 Å². The maximum atomic E-state index is 12.0. The van der Waals surface area contributed by atoms with Gasteiger partial charge in [0, 0.05) is 19.5 Å². The minimum atomic E-state index is -4.08. The van der Waals surface area contributed by atoms with Crippen LogP contribution < -0.4 is 0 Å². The van der Waals surface area contributed by atoms with Crippen LogP contribution in [-0.4, -0.2) is 35.9 Å². The number of nitrogens with zero attached hydrogens (tertiary/aromatic N) is 1. The normalized spacial score (nSPS) is 20.7. The number of carbonyl (C=O) groups is 1. The second-order valence-electron chi connectivity index (χ2n) is 6.09. The fourth-order valence-corrected chi connectivity index (χ4v) is 2.15. The molecule has 1 rings (SSSR count). The Bertz CT molecular complexity index is 310. The SMILES string of the molecule is CC(C)(C)OC(=O)N1CCC(CCCC(F)(F)F)C1.